The lowest BCUT2D eigenvalue weighted by atomic mass is 9.88. The van der Waals surface area contributed by atoms with Gasteiger partial charge in [0.05, 0.1) is 25.0 Å². The van der Waals surface area contributed by atoms with Crippen LogP contribution in [0.15, 0.2) is 17.8 Å². The van der Waals surface area contributed by atoms with Crippen LogP contribution in [0.1, 0.15) is 39.5 Å². The average Bonchev–Trinajstić information content (AvgIpc) is 3.03. The van der Waals surface area contributed by atoms with Gasteiger partial charge in [0.15, 0.2) is 0 Å². The zero-order valence-corrected chi connectivity index (χ0v) is 15.9. The van der Waals surface area contributed by atoms with Gasteiger partial charge in [0.2, 0.25) is 11.8 Å². The van der Waals surface area contributed by atoms with E-state index >= 15 is 0 Å². The summed E-state index contributed by atoms with van der Waals surface area (Å²) in [5.41, 5.74) is 1.39. The fourth-order valence-electron chi connectivity index (χ4n) is 3.65. The molecule has 0 aliphatic carbocycles. The topological polar surface area (TPSA) is 59.5 Å². The minimum atomic E-state index is -0.561. The van der Waals surface area contributed by atoms with Crippen molar-refractivity contribution in [2.75, 3.05) is 38.6 Å². The summed E-state index contributed by atoms with van der Waals surface area (Å²) in [5, 5.41) is 3.14. The highest BCUT2D eigenvalue weighted by molar-refractivity contribution is 5.28. The van der Waals surface area contributed by atoms with Crippen molar-refractivity contribution in [1.29, 1.82) is 0 Å². The molecular weight excluding hydrogens is 335 g/mol. The Balaban J connectivity index is 1.46. The Morgan fingerprint density at radius 2 is 2.19 bits per heavy atom. The number of nitrogens with one attached hydrogen (secondary N) is 1. The minimum absolute atomic E-state index is 0.0230. The molecule has 1 spiro atoms. The van der Waals surface area contributed by atoms with Crippen molar-refractivity contribution in [3.8, 4) is 5.88 Å². The first-order chi connectivity index (χ1) is 12.5. The predicted molar refractivity (Wildman–Crippen MR) is 99.0 cm³/mol. The molecule has 1 atom stereocenters. The number of aromatic nitrogens is 2. The number of likely N-dealkylation sites (tertiary alicyclic amines) is 1. The number of anilines is 1. The van der Waals surface area contributed by atoms with Crippen LogP contribution < -0.4 is 10.1 Å². The van der Waals surface area contributed by atoms with Crippen LogP contribution in [0.4, 0.5) is 10.3 Å². The van der Waals surface area contributed by atoms with Crippen molar-refractivity contribution in [3.63, 3.8) is 0 Å². The molecule has 1 N–H and O–H groups in total. The average molecular weight is 364 g/mol. The molecule has 26 heavy (non-hydrogen) atoms. The number of rotatable bonds is 6. The van der Waals surface area contributed by atoms with Gasteiger partial charge in [-0.05, 0) is 39.5 Å². The van der Waals surface area contributed by atoms with Crippen LogP contribution in [-0.4, -0.2) is 59.9 Å². The van der Waals surface area contributed by atoms with Gasteiger partial charge in [-0.15, -0.1) is 0 Å². The minimum Gasteiger partial charge on any atom is -0.479 e. The lowest BCUT2D eigenvalue weighted by molar-refractivity contribution is -0.0715. The van der Waals surface area contributed by atoms with E-state index in [1.165, 1.54) is 12.7 Å². The largest absolute Gasteiger partial charge is 0.479 e. The molecule has 1 unspecified atom stereocenters. The molecule has 1 aromatic heterocycles. The summed E-state index contributed by atoms with van der Waals surface area (Å²) in [5.74, 6) is -0.242. The van der Waals surface area contributed by atoms with Gasteiger partial charge in [0, 0.05) is 26.2 Å². The molecule has 2 saturated heterocycles. The molecule has 0 amide bonds. The first-order valence-corrected chi connectivity index (χ1v) is 9.34. The molecule has 3 rings (SSSR count). The van der Waals surface area contributed by atoms with E-state index in [4.69, 9.17) is 9.47 Å². The standard InChI is InChI=1S/C19H29FN4O2/c1-14(2)5-9-24-10-7-19(8-11-24)6-4-15(26-19)12-21-18-22-13-16(20)17(23-18)25-3/h5,13,15H,4,6-12H2,1-3H3,(H,21,22,23). The number of ether oxygens (including phenoxy) is 2. The van der Waals surface area contributed by atoms with Crippen LogP contribution in [0.2, 0.25) is 0 Å². The number of hydrogen-bond acceptors (Lipinski definition) is 6. The maximum absolute atomic E-state index is 13.4. The Labute approximate surface area is 154 Å². The maximum atomic E-state index is 13.4. The van der Waals surface area contributed by atoms with Gasteiger partial charge >= 0.3 is 0 Å². The summed E-state index contributed by atoms with van der Waals surface area (Å²) in [4.78, 5) is 10.5. The van der Waals surface area contributed by atoms with Crippen molar-refractivity contribution in [2.45, 2.75) is 51.2 Å². The van der Waals surface area contributed by atoms with Crippen molar-refractivity contribution in [3.05, 3.63) is 23.7 Å². The summed E-state index contributed by atoms with van der Waals surface area (Å²) in [6.45, 7) is 8.11. The van der Waals surface area contributed by atoms with Gasteiger partial charge in [0.1, 0.15) is 0 Å². The highest BCUT2D eigenvalue weighted by Gasteiger charge is 2.42. The lowest BCUT2D eigenvalue weighted by Crippen LogP contribution is -2.44. The van der Waals surface area contributed by atoms with Crippen molar-refractivity contribution in [1.82, 2.24) is 14.9 Å². The lowest BCUT2D eigenvalue weighted by Gasteiger charge is -2.39. The van der Waals surface area contributed by atoms with E-state index in [-0.39, 0.29) is 17.6 Å². The van der Waals surface area contributed by atoms with Crippen LogP contribution in [-0.2, 0) is 4.74 Å². The summed E-state index contributed by atoms with van der Waals surface area (Å²) in [6.07, 6.45) is 7.84. The Morgan fingerprint density at radius 1 is 1.42 bits per heavy atom. The third kappa shape index (κ3) is 4.71. The second-order valence-corrected chi connectivity index (χ2v) is 7.48. The zero-order chi connectivity index (χ0) is 18.6. The molecule has 3 heterocycles. The van der Waals surface area contributed by atoms with Gasteiger partial charge in [-0.25, -0.2) is 4.98 Å². The van der Waals surface area contributed by atoms with E-state index < -0.39 is 5.82 Å². The molecular formula is C19H29FN4O2. The number of halogens is 1. The first kappa shape index (κ1) is 19.0. The number of piperidine rings is 1. The maximum Gasteiger partial charge on any atom is 0.255 e. The molecule has 0 saturated carbocycles. The zero-order valence-electron chi connectivity index (χ0n) is 15.9. The molecule has 0 aromatic carbocycles. The van der Waals surface area contributed by atoms with Crippen molar-refractivity contribution >= 4 is 5.95 Å². The van der Waals surface area contributed by atoms with Crippen LogP contribution in [0, 0.1) is 5.82 Å². The van der Waals surface area contributed by atoms with Crippen LogP contribution in [0.25, 0.3) is 0 Å². The van der Waals surface area contributed by atoms with E-state index in [2.05, 4.69) is 40.1 Å². The normalized spacial score (nSPS) is 22.4. The molecule has 1 aromatic rings. The van der Waals surface area contributed by atoms with E-state index in [1.807, 2.05) is 0 Å². The number of nitrogens with zero attached hydrogens (tertiary/aromatic N) is 3. The van der Waals surface area contributed by atoms with Crippen molar-refractivity contribution in [2.24, 2.45) is 0 Å². The van der Waals surface area contributed by atoms with Crippen LogP contribution in [0.3, 0.4) is 0 Å². The third-order valence-corrected chi connectivity index (χ3v) is 5.26. The smallest absolute Gasteiger partial charge is 0.255 e. The van der Waals surface area contributed by atoms with Crippen LogP contribution in [0.5, 0.6) is 5.88 Å². The summed E-state index contributed by atoms with van der Waals surface area (Å²) in [6, 6.07) is 0. The monoisotopic (exact) mass is 364 g/mol. The Morgan fingerprint density at radius 3 is 2.88 bits per heavy atom. The predicted octanol–water partition coefficient (Wildman–Crippen LogP) is 3.02. The van der Waals surface area contributed by atoms with Gasteiger partial charge in [-0.3, -0.25) is 4.90 Å². The van der Waals surface area contributed by atoms with Gasteiger partial charge in [-0.2, -0.15) is 9.37 Å². The molecule has 144 valence electrons. The van der Waals surface area contributed by atoms with Crippen LogP contribution >= 0.6 is 0 Å². The highest BCUT2D eigenvalue weighted by Crippen LogP contribution is 2.38. The van der Waals surface area contributed by atoms with Gasteiger partial charge < -0.3 is 14.8 Å². The highest BCUT2D eigenvalue weighted by atomic mass is 19.1. The molecule has 2 aliphatic heterocycles. The Hall–Kier alpha value is -1.73. The van der Waals surface area contributed by atoms with E-state index in [1.54, 1.807) is 0 Å². The molecule has 6 nitrogen and oxygen atoms in total. The summed E-state index contributed by atoms with van der Waals surface area (Å²) < 4.78 is 24.7. The summed E-state index contributed by atoms with van der Waals surface area (Å²) in [7, 11) is 1.39. The Kier molecular flexibility index (Phi) is 6.09. The number of allylic oxidation sites excluding steroid dienone is 1. The molecule has 7 heteroatoms. The number of hydrogen-bond donors (Lipinski definition) is 1. The molecule has 0 bridgehead atoms. The molecule has 0 radical (unpaired) electrons. The quantitative estimate of drug-likeness (QED) is 0.783. The van der Waals surface area contributed by atoms with E-state index in [0.29, 0.717) is 12.5 Å². The Bertz CT molecular complexity index is 640. The molecule has 2 fully saturated rings. The molecule has 2 aliphatic rings. The van der Waals surface area contributed by atoms with Crippen molar-refractivity contribution < 1.29 is 13.9 Å². The fourth-order valence-corrected chi connectivity index (χ4v) is 3.65. The first-order valence-electron chi connectivity index (χ1n) is 9.34. The SMILES string of the molecule is COc1nc(NCC2CCC3(CCN(CC=C(C)C)CC3)O2)ncc1F. The second-order valence-electron chi connectivity index (χ2n) is 7.48. The summed E-state index contributed by atoms with van der Waals surface area (Å²) >= 11 is 0. The van der Waals surface area contributed by atoms with E-state index in [0.717, 1.165) is 51.5 Å². The van der Waals surface area contributed by atoms with Gasteiger partial charge in [0.25, 0.3) is 5.88 Å². The number of methoxy groups -OCH3 is 1. The fraction of sp³-hybridized carbons (Fsp3) is 0.684. The van der Waals surface area contributed by atoms with Gasteiger partial charge in [-0.1, -0.05) is 11.6 Å². The second kappa shape index (κ2) is 8.31. The van der Waals surface area contributed by atoms with E-state index in [9.17, 15) is 4.39 Å². The third-order valence-electron chi connectivity index (χ3n) is 5.26.